The first kappa shape index (κ1) is 15.1. The maximum atomic E-state index is 12.4. The Bertz CT molecular complexity index is 291. The maximum absolute atomic E-state index is 12.4. The molecule has 1 saturated carbocycles. The van der Waals surface area contributed by atoms with Gasteiger partial charge < -0.3 is 10.2 Å². The van der Waals surface area contributed by atoms with Crippen molar-refractivity contribution in [3.63, 3.8) is 0 Å². The van der Waals surface area contributed by atoms with Crippen molar-refractivity contribution in [2.24, 2.45) is 5.92 Å². The molecule has 3 nitrogen and oxygen atoms in total. The molecule has 0 saturated heterocycles. The standard InChI is InChI=1S/C15H28N2O/c1-5-11-16-14(6-2)15(18)17(4)13-9-7-12(3)8-10-13/h6,12-13,16H,5,7-11H2,1-4H3/b14-6-. The van der Waals surface area contributed by atoms with Gasteiger partial charge in [0.15, 0.2) is 0 Å². The number of hydrogen-bond donors (Lipinski definition) is 1. The lowest BCUT2D eigenvalue weighted by Crippen LogP contribution is -2.42. The minimum Gasteiger partial charge on any atom is -0.381 e. The van der Waals surface area contributed by atoms with Gasteiger partial charge in [-0.2, -0.15) is 0 Å². The second kappa shape index (κ2) is 7.45. The van der Waals surface area contributed by atoms with Crippen LogP contribution in [0.1, 0.15) is 52.9 Å². The molecule has 0 unspecified atom stereocenters. The number of likely N-dealkylation sites (N-methyl/N-ethyl adjacent to an activating group) is 1. The Labute approximate surface area is 112 Å². The molecule has 1 fully saturated rings. The molecule has 0 bridgehead atoms. The van der Waals surface area contributed by atoms with E-state index in [0.717, 1.165) is 37.4 Å². The molecular weight excluding hydrogens is 224 g/mol. The van der Waals surface area contributed by atoms with Gasteiger partial charge in [-0.25, -0.2) is 0 Å². The van der Waals surface area contributed by atoms with E-state index in [0.29, 0.717) is 6.04 Å². The Balaban J connectivity index is 2.54. The highest BCUT2D eigenvalue weighted by molar-refractivity contribution is 5.92. The first-order valence-electron chi connectivity index (χ1n) is 7.27. The molecular formula is C15H28N2O. The highest BCUT2D eigenvalue weighted by atomic mass is 16.2. The average molecular weight is 252 g/mol. The number of rotatable bonds is 5. The third kappa shape index (κ3) is 4.04. The molecule has 3 heteroatoms. The van der Waals surface area contributed by atoms with E-state index in [1.807, 2.05) is 24.9 Å². The van der Waals surface area contributed by atoms with Crippen molar-refractivity contribution < 1.29 is 4.79 Å². The fourth-order valence-corrected chi connectivity index (χ4v) is 2.55. The Hall–Kier alpha value is -0.990. The van der Waals surface area contributed by atoms with Crippen LogP contribution in [0.15, 0.2) is 11.8 Å². The number of carbonyl (C=O) groups excluding carboxylic acids is 1. The summed E-state index contributed by atoms with van der Waals surface area (Å²) in [4.78, 5) is 14.3. The zero-order valence-corrected chi connectivity index (χ0v) is 12.3. The van der Waals surface area contributed by atoms with E-state index in [4.69, 9.17) is 0 Å². The highest BCUT2D eigenvalue weighted by Crippen LogP contribution is 2.26. The molecule has 1 N–H and O–H groups in total. The fourth-order valence-electron chi connectivity index (χ4n) is 2.55. The molecule has 0 spiro atoms. The summed E-state index contributed by atoms with van der Waals surface area (Å²) in [6.45, 7) is 7.20. The predicted molar refractivity (Wildman–Crippen MR) is 76.2 cm³/mol. The van der Waals surface area contributed by atoms with Crippen molar-refractivity contribution in [3.05, 3.63) is 11.8 Å². The van der Waals surface area contributed by atoms with Crippen LogP contribution in [0, 0.1) is 5.92 Å². The van der Waals surface area contributed by atoms with E-state index in [1.54, 1.807) is 0 Å². The normalized spacial score (nSPS) is 24.8. The highest BCUT2D eigenvalue weighted by Gasteiger charge is 2.26. The van der Waals surface area contributed by atoms with E-state index >= 15 is 0 Å². The van der Waals surface area contributed by atoms with E-state index in [2.05, 4.69) is 19.2 Å². The third-order valence-corrected chi connectivity index (χ3v) is 3.94. The van der Waals surface area contributed by atoms with Crippen LogP contribution in [0.5, 0.6) is 0 Å². The summed E-state index contributed by atoms with van der Waals surface area (Å²) in [6, 6.07) is 0.423. The lowest BCUT2D eigenvalue weighted by atomic mass is 9.86. The number of nitrogens with zero attached hydrogens (tertiary/aromatic N) is 1. The van der Waals surface area contributed by atoms with Gasteiger partial charge in [0.25, 0.3) is 5.91 Å². The third-order valence-electron chi connectivity index (χ3n) is 3.94. The maximum Gasteiger partial charge on any atom is 0.269 e. The summed E-state index contributed by atoms with van der Waals surface area (Å²) >= 11 is 0. The smallest absolute Gasteiger partial charge is 0.269 e. The Kier molecular flexibility index (Phi) is 6.23. The molecule has 0 aliphatic heterocycles. The Morgan fingerprint density at radius 1 is 1.33 bits per heavy atom. The fraction of sp³-hybridized carbons (Fsp3) is 0.800. The zero-order chi connectivity index (χ0) is 13.5. The molecule has 1 aliphatic rings. The average Bonchev–Trinajstić information content (AvgIpc) is 2.39. The zero-order valence-electron chi connectivity index (χ0n) is 12.3. The van der Waals surface area contributed by atoms with Crippen LogP contribution in [-0.4, -0.2) is 30.4 Å². The molecule has 0 atom stereocenters. The molecule has 0 aromatic rings. The monoisotopic (exact) mass is 252 g/mol. The summed E-state index contributed by atoms with van der Waals surface area (Å²) in [6.07, 6.45) is 7.71. The minimum absolute atomic E-state index is 0.144. The number of nitrogens with one attached hydrogen (secondary N) is 1. The van der Waals surface area contributed by atoms with Crippen molar-refractivity contribution in [2.75, 3.05) is 13.6 Å². The van der Waals surface area contributed by atoms with Gasteiger partial charge in [0.2, 0.25) is 0 Å². The first-order valence-corrected chi connectivity index (χ1v) is 7.27. The van der Waals surface area contributed by atoms with E-state index < -0.39 is 0 Å². The van der Waals surface area contributed by atoms with Gasteiger partial charge in [0.1, 0.15) is 0 Å². The molecule has 0 heterocycles. The van der Waals surface area contributed by atoms with Crippen LogP contribution < -0.4 is 5.32 Å². The number of hydrogen-bond acceptors (Lipinski definition) is 2. The van der Waals surface area contributed by atoms with Gasteiger partial charge in [-0.05, 0) is 44.9 Å². The van der Waals surface area contributed by atoms with Gasteiger partial charge in [-0.1, -0.05) is 19.9 Å². The van der Waals surface area contributed by atoms with Crippen LogP contribution in [0.25, 0.3) is 0 Å². The van der Waals surface area contributed by atoms with Crippen LogP contribution in [-0.2, 0) is 4.79 Å². The molecule has 18 heavy (non-hydrogen) atoms. The molecule has 1 amide bonds. The second-order valence-electron chi connectivity index (χ2n) is 5.46. The Morgan fingerprint density at radius 2 is 1.94 bits per heavy atom. The van der Waals surface area contributed by atoms with Gasteiger partial charge in [-0.15, -0.1) is 0 Å². The van der Waals surface area contributed by atoms with Crippen LogP contribution >= 0.6 is 0 Å². The summed E-state index contributed by atoms with van der Waals surface area (Å²) in [7, 11) is 1.94. The van der Waals surface area contributed by atoms with Crippen LogP contribution in [0.2, 0.25) is 0 Å². The van der Waals surface area contributed by atoms with E-state index in [1.165, 1.54) is 12.8 Å². The minimum atomic E-state index is 0.144. The molecule has 0 aromatic heterocycles. The molecule has 1 rings (SSSR count). The van der Waals surface area contributed by atoms with Crippen molar-refractivity contribution in [3.8, 4) is 0 Å². The SMILES string of the molecule is C/C=C(\NCCC)C(=O)N(C)C1CCC(C)CC1. The molecule has 104 valence electrons. The predicted octanol–water partition coefficient (Wildman–Crippen LogP) is 2.93. The van der Waals surface area contributed by atoms with Gasteiger partial charge >= 0.3 is 0 Å². The van der Waals surface area contributed by atoms with Crippen molar-refractivity contribution in [1.29, 1.82) is 0 Å². The molecule has 0 radical (unpaired) electrons. The lowest BCUT2D eigenvalue weighted by molar-refractivity contribution is -0.129. The first-order chi connectivity index (χ1) is 8.60. The van der Waals surface area contributed by atoms with Gasteiger partial charge in [0, 0.05) is 19.6 Å². The van der Waals surface area contributed by atoms with Gasteiger partial charge in [0.05, 0.1) is 5.70 Å². The van der Waals surface area contributed by atoms with Crippen LogP contribution in [0.3, 0.4) is 0 Å². The summed E-state index contributed by atoms with van der Waals surface area (Å²) in [5.41, 5.74) is 0.748. The summed E-state index contributed by atoms with van der Waals surface area (Å²) in [5, 5.41) is 3.22. The molecule has 1 aliphatic carbocycles. The number of carbonyl (C=O) groups is 1. The molecule has 0 aromatic carbocycles. The second-order valence-corrected chi connectivity index (χ2v) is 5.46. The van der Waals surface area contributed by atoms with Crippen molar-refractivity contribution in [2.45, 2.75) is 58.9 Å². The summed E-state index contributed by atoms with van der Waals surface area (Å²) < 4.78 is 0. The van der Waals surface area contributed by atoms with Crippen molar-refractivity contribution in [1.82, 2.24) is 10.2 Å². The van der Waals surface area contributed by atoms with E-state index in [-0.39, 0.29) is 5.91 Å². The van der Waals surface area contributed by atoms with Gasteiger partial charge in [-0.3, -0.25) is 4.79 Å². The van der Waals surface area contributed by atoms with Crippen molar-refractivity contribution >= 4 is 5.91 Å². The topological polar surface area (TPSA) is 32.3 Å². The Morgan fingerprint density at radius 3 is 2.44 bits per heavy atom. The largest absolute Gasteiger partial charge is 0.381 e. The number of amides is 1. The van der Waals surface area contributed by atoms with Crippen LogP contribution in [0.4, 0.5) is 0 Å². The quantitative estimate of drug-likeness (QED) is 0.763. The summed E-state index contributed by atoms with van der Waals surface area (Å²) in [5.74, 6) is 0.967. The lowest BCUT2D eigenvalue weighted by Gasteiger charge is -2.34. The number of allylic oxidation sites excluding steroid dienone is 1. The van der Waals surface area contributed by atoms with E-state index in [9.17, 15) is 4.79 Å².